The summed E-state index contributed by atoms with van der Waals surface area (Å²) in [5.41, 5.74) is 11.2. The number of hydrogen-bond donors (Lipinski definition) is 0. The number of fused-ring (bicyclic) bond motifs is 6. The van der Waals surface area contributed by atoms with E-state index in [0.29, 0.717) is 17.5 Å². The van der Waals surface area contributed by atoms with Crippen molar-refractivity contribution < 1.29 is 4.42 Å². The van der Waals surface area contributed by atoms with E-state index < -0.39 is 0 Å². The van der Waals surface area contributed by atoms with Crippen LogP contribution in [0.15, 0.2) is 192 Å². The smallest absolute Gasteiger partial charge is 0.164 e. The molecule has 4 nitrogen and oxygen atoms in total. The zero-order valence-electron chi connectivity index (χ0n) is 30.1. The SMILES string of the molecule is c1ccc(-c2ccc(-c3nc(-c4ccccc4)nc(-c4cc(-c5cccc6sc7ccc(-c8ccccc8)cc7c56)c5c(c4)oc4ccccc45)n3)cc2)cc1. The van der Waals surface area contributed by atoms with Gasteiger partial charge in [-0.05, 0) is 69.8 Å². The fourth-order valence-electron chi connectivity index (χ4n) is 7.85. The van der Waals surface area contributed by atoms with Crippen molar-refractivity contribution in [3.8, 4) is 67.5 Å². The average Bonchev–Trinajstić information content (AvgIpc) is 3.85. The lowest BCUT2D eigenvalue weighted by Gasteiger charge is -2.12. The van der Waals surface area contributed by atoms with Crippen LogP contribution in [0.2, 0.25) is 0 Å². The molecule has 0 aliphatic carbocycles. The van der Waals surface area contributed by atoms with Crippen LogP contribution in [0.1, 0.15) is 0 Å². The second-order valence-corrected chi connectivity index (χ2v) is 15.1. The van der Waals surface area contributed by atoms with Gasteiger partial charge in [-0.2, -0.15) is 0 Å². The van der Waals surface area contributed by atoms with Gasteiger partial charge in [-0.15, -0.1) is 11.3 Å². The highest BCUT2D eigenvalue weighted by atomic mass is 32.1. The van der Waals surface area contributed by atoms with Crippen molar-refractivity contribution in [2.24, 2.45) is 0 Å². The Morgan fingerprint density at radius 1 is 0.321 bits per heavy atom. The van der Waals surface area contributed by atoms with Gasteiger partial charge in [-0.3, -0.25) is 0 Å². The lowest BCUT2D eigenvalue weighted by molar-refractivity contribution is 0.669. The molecule has 8 aromatic carbocycles. The molecule has 5 heteroatoms. The van der Waals surface area contributed by atoms with Crippen LogP contribution in [0.5, 0.6) is 0 Å². The minimum absolute atomic E-state index is 0.582. The zero-order valence-corrected chi connectivity index (χ0v) is 30.9. The number of aromatic nitrogens is 3. The molecular formula is C51H31N3OS. The first kappa shape index (κ1) is 32.2. The molecule has 0 unspecified atom stereocenters. The van der Waals surface area contributed by atoms with Crippen molar-refractivity contribution >= 4 is 53.4 Å². The van der Waals surface area contributed by atoms with Gasteiger partial charge in [0, 0.05) is 47.6 Å². The first-order valence-electron chi connectivity index (χ1n) is 18.7. The first-order valence-corrected chi connectivity index (χ1v) is 19.5. The molecule has 262 valence electrons. The van der Waals surface area contributed by atoms with Gasteiger partial charge in [0.1, 0.15) is 11.2 Å². The average molecular weight is 734 g/mol. The van der Waals surface area contributed by atoms with E-state index in [-0.39, 0.29) is 0 Å². The van der Waals surface area contributed by atoms with Crippen LogP contribution >= 0.6 is 11.3 Å². The largest absolute Gasteiger partial charge is 0.456 e. The Bertz CT molecular complexity index is 3230. The van der Waals surface area contributed by atoms with E-state index in [0.717, 1.165) is 60.9 Å². The Labute approximate surface area is 327 Å². The van der Waals surface area contributed by atoms with Crippen molar-refractivity contribution in [3.63, 3.8) is 0 Å². The van der Waals surface area contributed by atoms with Gasteiger partial charge >= 0.3 is 0 Å². The monoisotopic (exact) mass is 733 g/mol. The number of hydrogen-bond acceptors (Lipinski definition) is 5. The van der Waals surface area contributed by atoms with Crippen LogP contribution in [0.25, 0.3) is 110 Å². The third kappa shape index (κ3) is 5.56. The predicted molar refractivity (Wildman–Crippen MR) is 233 cm³/mol. The second-order valence-electron chi connectivity index (χ2n) is 14.0. The summed E-state index contributed by atoms with van der Waals surface area (Å²) in [6.45, 7) is 0. The maximum Gasteiger partial charge on any atom is 0.164 e. The van der Waals surface area contributed by atoms with Gasteiger partial charge in [0.25, 0.3) is 0 Å². The fourth-order valence-corrected chi connectivity index (χ4v) is 8.96. The van der Waals surface area contributed by atoms with Gasteiger partial charge < -0.3 is 4.42 Å². The van der Waals surface area contributed by atoms with Gasteiger partial charge in [0.2, 0.25) is 0 Å². The van der Waals surface area contributed by atoms with E-state index in [2.05, 4.69) is 140 Å². The normalized spacial score (nSPS) is 11.6. The lowest BCUT2D eigenvalue weighted by Crippen LogP contribution is -2.00. The number of rotatable bonds is 6. The van der Waals surface area contributed by atoms with E-state index in [1.165, 1.54) is 31.3 Å². The van der Waals surface area contributed by atoms with Gasteiger partial charge in [0.05, 0.1) is 0 Å². The number of para-hydroxylation sites is 1. The quantitative estimate of drug-likeness (QED) is 0.171. The summed E-state index contributed by atoms with van der Waals surface area (Å²) in [5, 5.41) is 4.62. The molecule has 0 spiro atoms. The van der Waals surface area contributed by atoms with Crippen molar-refractivity contribution in [1.82, 2.24) is 15.0 Å². The molecule has 0 bridgehead atoms. The summed E-state index contributed by atoms with van der Waals surface area (Å²) in [5.74, 6) is 1.81. The third-order valence-electron chi connectivity index (χ3n) is 10.5. The van der Waals surface area contributed by atoms with Crippen LogP contribution in [0.4, 0.5) is 0 Å². The first-order chi connectivity index (χ1) is 27.7. The molecule has 0 N–H and O–H groups in total. The van der Waals surface area contributed by atoms with Crippen LogP contribution < -0.4 is 0 Å². The summed E-state index contributed by atoms with van der Waals surface area (Å²) in [6, 6.07) is 65.7. The van der Waals surface area contributed by atoms with Crippen LogP contribution in [-0.4, -0.2) is 15.0 Å². The molecule has 0 atom stereocenters. The molecule has 11 aromatic rings. The molecule has 0 saturated carbocycles. The molecule has 56 heavy (non-hydrogen) atoms. The summed E-state index contributed by atoms with van der Waals surface area (Å²) in [4.78, 5) is 15.4. The van der Waals surface area contributed by atoms with Crippen LogP contribution in [0.3, 0.4) is 0 Å². The molecule has 0 saturated heterocycles. The second kappa shape index (κ2) is 13.3. The highest BCUT2D eigenvalue weighted by molar-refractivity contribution is 7.26. The topological polar surface area (TPSA) is 51.8 Å². The van der Waals surface area contributed by atoms with E-state index in [4.69, 9.17) is 19.4 Å². The van der Waals surface area contributed by atoms with E-state index >= 15 is 0 Å². The summed E-state index contributed by atoms with van der Waals surface area (Å²) in [7, 11) is 0. The molecule has 11 rings (SSSR count). The van der Waals surface area contributed by atoms with Crippen LogP contribution in [-0.2, 0) is 0 Å². The van der Waals surface area contributed by atoms with Crippen molar-refractivity contribution in [1.29, 1.82) is 0 Å². The standard InChI is InChI=1S/C51H31N3OS/c1-4-13-32(14-5-1)34-23-25-36(26-24-34)50-52-49(35-17-8-3-9-18-35)53-51(54-50)38-30-41(47-40-19-10-11-21-43(40)55-44(47)31-38)39-20-12-22-46-48(39)42-29-37(27-28-45(42)56-46)33-15-6-2-7-16-33/h1-31H. The maximum absolute atomic E-state index is 6.65. The van der Waals surface area contributed by atoms with E-state index in [1.54, 1.807) is 0 Å². The predicted octanol–water partition coefficient (Wildman–Crippen LogP) is 14.1. The van der Waals surface area contributed by atoms with Gasteiger partial charge in [-0.25, -0.2) is 15.0 Å². The van der Waals surface area contributed by atoms with E-state index in [1.807, 2.05) is 59.9 Å². The minimum Gasteiger partial charge on any atom is -0.456 e. The number of nitrogens with zero attached hydrogens (tertiary/aromatic N) is 3. The van der Waals surface area contributed by atoms with Crippen molar-refractivity contribution in [3.05, 3.63) is 188 Å². The van der Waals surface area contributed by atoms with Crippen molar-refractivity contribution in [2.75, 3.05) is 0 Å². The Kier molecular flexibility index (Phi) is 7.64. The summed E-state index contributed by atoms with van der Waals surface area (Å²) < 4.78 is 9.14. The molecule has 0 fully saturated rings. The Hall–Kier alpha value is -7.21. The molecule has 3 heterocycles. The lowest BCUT2D eigenvalue weighted by atomic mass is 9.93. The molecule has 0 radical (unpaired) electrons. The van der Waals surface area contributed by atoms with Crippen molar-refractivity contribution in [2.45, 2.75) is 0 Å². The highest BCUT2D eigenvalue weighted by Crippen LogP contribution is 2.46. The number of thiophene rings is 1. The van der Waals surface area contributed by atoms with Gasteiger partial charge in [0.15, 0.2) is 17.5 Å². The Morgan fingerprint density at radius 3 is 1.59 bits per heavy atom. The summed E-state index contributed by atoms with van der Waals surface area (Å²) >= 11 is 1.83. The molecule has 0 aliphatic heterocycles. The Morgan fingerprint density at radius 2 is 0.875 bits per heavy atom. The highest BCUT2D eigenvalue weighted by Gasteiger charge is 2.21. The number of furan rings is 1. The van der Waals surface area contributed by atoms with E-state index in [9.17, 15) is 0 Å². The van der Waals surface area contributed by atoms with Crippen LogP contribution in [0, 0.1) is 0 Å². The Balaban J connectivity index is 1.15. The van der Waals surface area contributed by atoms with Gasteiger partial charge in [-0.1, -0.05) is 152 Å². The summed E-state index contributed by atoms with van der Waals surface area (Å²) in [6.07, 6.45) is 0. The molecule has 0 amide bonds. The zero-order chi connectivity index (χ0) is 37.0. The number of benzene rings is 8. The molecule has 0 aliphatic rings. The molecular weight excluding hydrogens is 703 g/mol. The minimum atomic E-state index is 0.582. The molecule has 3 aromatic heterocycles. The maximum atomic E-state index is 6.65. The third-order valence-corrected chi connectivity index (χ3v) is 11.7. The fraction of sp³-hybridized carbons (Fsp3) is 0.